The summed E-state index contributed by atoms with van der Waals surface area (Å²) in [5.74, 6) is 0.0242. The van der Waals surface area contributed by atoms with Gasteiger partial charge in [-0.1, -0.05) is 43.3 Å². The molecule has 0 bridgehead atoms. The smallest absolute Gasteiger partial charge is 0.211 e. The molecule has 3 aromatic rings. The molecule has 1 aromatic carbocycles. The summed E-state index contributed by atoms with van der Waals surface area (Å²) in [6.45, 7) is 2.02. The Labute approximate surface area is 123 Å². The summed E-state index contributed by atoms with van der Waals surface area (Å²) in [4.78, 5) is 17.2. The molecule has 3 rings (SSSR count). The van der Waals surface area contributed by atoms with Crippen LogP contribution in [0.3, 0.4) is 0 Å². The highest BCUT2D eigenvalue weighted by Gasteiger charge is 2.18. The fourth-order valence-electron chi connectivity index (χ4n) is 2.26. The van der Waals surface area contributed by atoms with Crippen molar-refractivity contribution in [3.63, 3.8) is 0 Å². The van der Waals surface area contributed by atoms with Crippen LogP contribution in [0.15, 0.2) is 54.7 Å². The number of aromatic nitrogens is 2. The largest absolute Gasteiger partial charge is 0.297 e. The first kappa shape index (κ1) is 14.3. The second-order valence-electron chi connectivity index (χ2n) is 4.38. The van der Waals surface area contributed by atoms with Crippen molar-refractivity contribution in [2.24, 2.45) is 0 Å². The predicted octanol–water partition coefficient (Wildman–Crippen LogP) is 3.55. The lowest BCUT2D eigenvalue weighted by molar-refractivity contribution is 0.103. The standard InChI is InChI=1S/C16H14N2O.ClH/c1-2-13-15(16(19)12-8-4-3-5-9-12)18-11-7-6-10-14(18)17-13;/h3-11H,2H2,1H3;1H. The van der Waals surface area contributed by atoms with E-state index in [1.165, 1.54) is 0 Å². The summed E-state index contributed by atoms with van der Waals surface area (Å²) in [7, 11) is 0. The molecule has 0 atom stereocenters. The van der Waals surface area contributed by atoms with E-state index in [4.69, 9.17) is 0 Å². The number of nitrogens with zero attached hydrogens (tertiary/aromatic N) is 2. The predicted molar refractivity (Wildman–Crippen MR) is 81.7 cm³/mol. The summed E-state index contributed by atoms with van der Waals surface area (Å²) < 4.78 is 1.87. The third-order valence-corrected chi connectivity index (χ3v) is 3.19. The highest BCUT2D eigenvalue weighted by atomic mass is 35.5. The molecule has 0 aliphatic carbocycles. The summed E-state index contributed by atoms with van der Waals surface area (Å²) in [5.41, 5.74) is 3.03. The number of pyridine rings is 1. The SMILES string of the molecule is CCc1nc2ccccn2c1C(=O)c1ccccc1.Cl. The first-order chi connectivity index (χ1) is 9.31. The van der Waals surface area contributed by atoms with E-state index in [2.05, 4.69) is 4.98 Å². The lowest BCUT2D eigenvalue weighted by Gasteiger charge is -2.03. The average molecular weight is 287 g/mol. The molecule has 3 nitrogen and oxygen atoms in total. The Balaban J connectivity index is 0.00000147. The molecule has 2 aromatic heterocycles. The third-order valence-electron chi connectivity index (χ3n) is 3.19. The van der Waals surface area contributed by atoms with Gasteiger partial charge in [0.15, 0.2) is 0 Å². The van der Waals surface area contributed by atoms with Crippen molar-refractivity contribution >= 4 is 23.8 Å². The van der Waals surface area contributed by atoms with Crippen LogP contribution < -0.4 is 0 Å². The third kappa shape index (κ3) is 2.32. The lowest BCUT2D eigenvalue weighted by atomic mass is 10.1. The number of carbonyl (C=O) groups is 1. The van der Waals surface area contributed by atoms with Crippen LogP contribution in [-0.4, -0.2) is 15.2 Å². The van der Waals surface area contributed by atoms with Crippen molar-refractivity contribution in [1.82, 2.24) is 9.38 Å². The van der Waals surface area contributed by atoms with Crippen LogP contribution in [0.5, 0.6) is 0 Å². The Morgan fingerprint density at radius 3 is 2.50 bits per heavy atom. The monoisotopic (exact) mass is 286 g/mol. The van der Waals surface area contributed by atoms with Crippen LogP contribution >= 0.6 is 12.4 Å². The molecule has 102 valence electrons. The Kier molecular flexibility index (Phi) is 4.20. The Morgan fingerprint density at radius 2 is 1.80 bits per heavy atom. The van der Waals surface area contributed by atoms with E-state index in [9.17, 15) is 4.79 Å². The second-order valence-corrected chi connectivity index (χ2v) is 4.38. The summed E-state index contributed by atoms with van der Waals surface area (Å²) >= 11 is 0. The quantitative estimate of drug-likeness (QED) is 0.690. The van der Waals surface area contributed by atoms with Gasteiger partial charge in [0, 0.05) is 11.8 Å². The number of halogens is 1. The number of fused-ring (bicyclic) bond motifs is 1. The number of rotatable bonds is 3. The molecule has 20 heavy (non-hydrogen) atoms. The van der Waals surface area contributed by atoms with Crippen molar-refractivity contribution in [1.29, 1.82) is 0 Å². The minimum Gasteiger partial charge on any atom is -0.297 e. The van der Waals surface area contributed by atoms with Crippen LogP contribution in [0.2, 0.25) is 0 Å². The minimum atomic E-state index is 0. The van der Waals surface area contributed by atoms with Gasteiger partial charge in [0.1, 0.15) is 11.3 Å². The molecule has 0 fully saturated rings. The Bertz CT molecular complexity index is 735. The zero-order chi connectivity index (χ0) is 13.2. The van der Waals surface area contributed by atoms with Crippen molar-refractivity contribution < 1.29 is 4.79 Å². The molecule has 4 heteroatoms. The maximum atomic E-state index is 12.6. The van der Waals surface area contributed by atoms with E-state index < -0.39 is 0 Å². The van der Waals surface area contributed by atoms with Gasteiger partial charge >= 0.3 is 0 Å². The van der Waals surface area contributed by atoms with E-state index in [0.29, 0.717) is 11.3 Å². The van der Waals surface area contributed by atoms with Gasteiger partial charge in [-0.05, 0) is 18.6 Å². The normalized spacial score (nSPS) is 10.2. The minimum absolute atomic E-state index is 0. The average Bonchev–Trinajstić information content (AvgIpc) is 2.86. The molecule has 0 aliphatic heterocycles. The van der Waals surface area contributed by atoms with Crippen LogP contribution in [0.4, 0.5) is 0 Å². The van der Waals surface area contributed by atoms with Gasteiger partial charge in [-0.25, -0.2) is 4.98 Å². The topological polar surface area (TPSA) is 34.4 Å². The second kappa shape index (κ2) is 5.88. The van der Waals surface area contributed by atoms with Gasteiger partial charge < -0.3 is 0 Å². The molecular formula is C16H15ClN2O. The number of benzene rings is 1. The van der Waals surface area contributed by atoms with Crippen LogP contribution in [0, 0.1) is 0 Å². The molecule has 0 saturated carbocycles. The zero-order valence-electron chi connectivity index (χ0n) is 11.1. The fraction of sp³-hybridized carbons (Fsp3) is 0.125. The van der Waals surface area contributed by atoms with E-state index >= 15 is 0 Å². The van der Waals surface area contributed by atoms with E-state index in [1.54, 1.807) is 0 Å². The number of carbonyl (C=O) groups excluding carboxylic acids is 1. The first-order valence-corrected chi connectivity index (χ1v) is 6.37. The summed E-state index contributed by atoms with van der Waals surface area (Å²) in [6.07, 6.45) is 2.63. The van der Waals surface area contributed by atoms with Gasteiger partial charge in [0.05, 0.1) is 5.69 Å². The Morgan fingerprint density at radius 1 is 1.10 bits per heavy atom. The number of hydrogen-bond donors (Lipinski definition) is 0. The highest BCUT2D eigenvalue weighted by Crippen LogP contribution is 2.17. The molecule has 0 saturated heterocycles. The van der Waals surface area contributed by atoms with Crippen molar-refractivity contribution in [2.75, 3.05) is 0 Å². The van der Waals surface area contributed by atoms with Crippen LogP contribution in [0.25, 0.3) is 5.65 Å². The number of hydrogen-bond acceptors (Lipinski definition) is 2. The molecule has 2 heterocycles. The maximum absolute atomic E-state index is 12.6. The number of ketones is 1. The van der Waals surface area contributed by atoms with Crippen LogP contribution in [0.1, 0.15) is 28.7 Å². The molecule has 0 amide bonds. The molecule has 0 aliphatic rings. The van der Waals surface area contributed by atoms with Gasteiger partial charge in [-0.15, -0.1) is 12.4 Å². The lowest BCUT2D eigenvalue weighted by Crippen LogP contribution is -2.07. The van der Waals surface area contributed by atoms with Crippen LogP contribution in [-0.2, 0) is 6.42 Å². The van der Waals surface area contributed by atoms with E-state index in [1.807, 2.05) is 66.1 Å². The summed E-state index contributed by atoms with van der Waals surface area (Å²) in [5, 5.41) is 0. The van der Waals surface area contributed by atoms with Gasteiger partial charge in [0.25, 0.3) is 0 Å². The zero-order valence-corrected chi connectivity index (χ0v) is 11.9. The molecule has 0 radical (unpaired) electrons. The fourth-order valence-corrected chi connectivity index (χ4v) is 2.26. The first-order valence-electron chi connectivity index (χ1n) is 6.37. The van der Waals surface area contributed by atoms with E-state index in [0.717, 1.165) is 17.8 Å². The summed E-state index contributed by atoms with van der Waals surface area (Å²) in [6, 6.07) is 15.1. The van der Waals surface area contributed by atoms with Crippen molar-refractivity contribution in [2.45, 2.75) is 13.3 Å². The Hall–Kier alpha value is -2.13. The number of imidazole rings is 1. The van der Waals surface area contributed by atoms with Crippen molar-refractivity contribution in [3.8, 4) is 0 Å². The van der Waals surface area contributed by atoms with E-state index in [-0.39, 0.29) is 18.2 Å². The molecular weight excluding hydrogens is 272 g/mol. The highest BCUT2D eigenvalue weighted by molar-refractivity contribution is 6.09. The molecule has 0 unspecified atom stereocenters. The van der Waals surface area contributed by atoms with Crippen molar-refractivity contribution in [3.05, 3.63) is 71.7 Å². The van der Waals surface area contributed by atoms with Gasteiger partial charge in [-0.3, -0.25) is 9.20 Å². The van der Waals surface area contributed by atoms with Gasteiger partial charge in [-0.2, -0.15) is 0 Å². The molecule has 0 spiro atoms. The molecule has 0 N–H and O–H groups in total. The maximum Gasteiger partial charge on any atom is 0.211 e. The number of aryl methyl sites for hydroxylation is 1. The van der Waals surface area contributed by atoms with Gasteiger partial charge in [0.2, 0.25) is 5.78 Å².